The van der Waals surface area contributed by atoms with Gasteiger partial charge in [0.15, 0.2) is 0 Å². The van der Waals surface area contributed by atoms with E-state index in [4.69, 9.17) is 0 Å². The van der Waals surface area contributed by atoms with Crippen molar-refractivity contribution >= 4 is 17.9 Å². The lowest BCUT2D eigenvalue weighted by molar-refractivity contribution is -0.935. The van der Waals surface area contributed by atoms with E-state index in [1.807, 2.05) is 20.8 Å². The molecule has 3 atom stereocenters. The molecule has 7 heteroatoms. The largest absolute Gasteiger partial charge is 0.481 e. The Morgan fingerprint density at radius 2 is 0.667 bits per heavy atom. The van der Waals surface area contributed by atoms with Crippen LogP contribution < -0.4 is 0 Å². The van der Waals surface area contributed by atoms with E-state index in [0.717, 1.165) is 19.3 Å². The zero-order chi connectivity index (χ0) is 31.6. The molecule has 0 aromatic carbocycles. The SMILES string of the molecule is CCCCCCCCCCCCCCCCCCCC[N+](CC(CC)C(=O)O)(CC(CC)C(=O)O)CC(CC)C(=O)O. The van der Waals surface area contributed by atoms with Crippen LogP contribution in [0.2, 0.25) is 0 Å². The van der Waals surface area contributed by atoms with Gasteiger partial charge in [-0.1, -0.05) is 130 Å². The van der Waals surface area contributed by atoms with Gasteiger partial charge in [0.25, 0.3) is 0 Å². The predicted octanol–water partition coefficient (Wildman–Crippen LogP) is 9.18. The number of hydrogen-bond donors (Lipinski definition) is 3. The van der Waals surface area contributed by atoms with Crippen molar-refractivity contribution in [3.63, 3.8) is 0 Å². The van der Waals surface area contributed by atoms with Crippen LogP contribution in [0.5, 0.6) is 0 Å². The summed E-state index contributed by atoms with van der Waals surface area (Å²) in [6.45, 7) is 9.29. The Hall–Kier alpha value is -1.63. The highest BCUT2D eigenvalue weighted by atomic mass is 16.4. The van der Waals surface area contributed by atoms with E-state index in [-0.39, 0.29) is 4.48 Å². The van der Waals surface area contributed by atoms with E-state index < -0.39 is 35.7 Å². The van der Waals surface area contributed by atoms with Crippen LogP contribution >= 0.6 is 0 Å². The first-order valence-corrected chi connectivity index (χ1v) is 17.7. The second kappa shape index (κ2) is 25.8. The molecule has 0 saturated heterocycles. The molecule has 0 aliphatic carbocycles. The molecule has 0 bridgehead atoms. The van der Waals surface area contributed by atoms with Gasteiger partial charge in [-0.15, -0.1) is 0 Å². The number of carbonyl (C=O) groups is 3. The van der Waals surface area contributed by atoms with Crippen LogP contribution in [-0.2, 0) is 14.4 Å². The summed E-state index contributed by atoms with van der Waals surface area (Å²) in [4.78, 5) is 36.0. The van der Waals surface area contributed by atoms with E-state index in [1.54, 1.807) is 0 Å². The zero-order valence-corrected chi connectivity index (χ0v) is 27.9. The second-order valence-corrected chi connectivity index (χ2v) is 13.0. The summed E-state index contributed by atoms with van der Waals surface area (Å²) in [7, 11) is 0. The first-order valence-electron chi connectivity index (χ1n) is 17.7. The summed E-state index contributed by atoms with van der Waals surface area (Å²) in [5.41, 5.74) is 0. The zero-order valence-electron chi connectivity index (χ0n) is 27.9. The molecule has 0 amide bonds. The number of unbranched alkanes of at least 4 members (excludes halogenated alkanes) is 17. The van der Waals surface area contributed by atoms with E-state index in [9.17, 15) is 29.7 Å². The third kappa shape index (κ3) is 19.5. The van der Waals surface area contributed by atoms with Gasteiger partial charge >= 0.3 is 17.9 Å². The Bertz CT molecular complexity index is 637. The van der Waals surface area contributed by atoms with Crippen LogP contribution in [0.1, 0.15) is 163 Å². The molecule has 0 aromatic rings. The maximum absolute atomic E-state index is 12.0. The van der Waals surface area contributed by atoms with Crippen LogP contribution in [0, 0.1) is 17.8 Å². The molecule has 42 heavy (non-hydrogen) atoms. The van der Waals surface area contributed by atoms with E-state index in [1.165, 1.54) is 96.3 Å². The lowest BCUT2D eigenvalue weighted by Crippen LogP contribution is -2.58. The van der Waals surface area contributed by atoms with Gasteiger partial charge in [0.1, 0.15) is 17.8 Å². The lowest BCUT2D eigenvalue weighted by Gasteiger charge is -2.43. The van der Waals surface area contributed by atoms with E-state index in [2.05, 4.69) is 6.92 Å². The average Bonchev–Trinajstić information content (AvgIpc) is 2.96. The molecule has 0 saturated carbocycles. The Morgan fingerprint density at radius 3 is 0.881 bits per heavy atom. The van der Waals surface area contributed by atoms with Crippen molar-refractivity contribution in [1.82, 2.24) is 0 Å². The predicted molar refractivity (Wildman–Crippen MR) is 173 cm³/mol. The molecule has 7 nitrogen and oxygen atoms in total. The molecule has 0 aromatic heterocycles. The number of aliphatic carboxylic acids is 3. The van der Waals surface area contributed by atoms with Crippen LogP contribution in [-0.4, -0.2) is 63.9 Å². The van der Waals surface area contributed by atoms with Crippen molar-refractivity contribution in [2.45, 2.75) is 163 Å². The normalized spacial score (nSPS) is 15.1. The van der Waals surface area contributed by atoms with E-state index >= 15 is 0 Å². The molecular formula is C35H68NO6+. The highest BCUT2D eigenvalue weighted by Crippen LogP contribution is 2.25. The van der Waals surface area contributed by atoms with Crippen LogP contribution in [0.15, 0.2) is 0 Å². The molecule has 0 heterocycles. The summed E-state index contributed by atoms with van der Waals surface area (Å²) in [6, 6.07) is 0. The number of carboxylic acids is 3. The van der Waals surface area contributed by atoms with Crippen molar-refractivity contribution in [2.24, 2.45) is 17.8 Å². The average molecular weight is 599 g/mol. The number of quaternary nitrogens is 1. The third-order valence-electron chi connectivity index (χ3n) is 9.34. The summed E-state index contributed by atoms with van der Waals surface area (Å²) in [6.07, 6.45) is 24.5. The molecular weight excluding hydrogens is 530 g/mol. The van der Waals surface area contributed by atoms with Crippen LogP contribution in [0.4, 0.5) is 0 Å². The first-order chi connectivity index (χ1) is 20.2. The summed E-state index contributed by atoms with van der Waals surface area (Å²) >= 11 is 0. The van der Waals surface area contributed by atoms with Gasteiger partial charge in [0.05, 0.1) is 26.2 Å². The van der Waals surface area contributed by atoms with Crippen molar-refractivity contribution in [3.8, 4) is 0 Å². The highest BCUT2D eigenvalue weighted by molar-refractivity contribution is 5.71. The van der Waals surface area contributed by atoms with Gasteiger partial charge in [-0.3, -0.25) is 14.4 Å². The number of rotatable bonds is 31. The quantitative estimate of drug-likeness (QED) is 0.0542. The fourth-order valence-corrected chi connectivity index (χ4v) is 6.39. The smallest absolute Gasteiger partial charge is 0.312 e. The lowest BCUT2D eigenvalue weighted by atomic mass is 9.95. The minimum absolute atomic E-state index is 0.263. The van der Waals surface area contributed by atoms with Gasteiger partial charge < -0.3 is 19.8 Å². The van der Waals surface area contributed by atoms with E-state index in [0.29, 0.717) is 45.4 Å². The molecule has 3 N–H and O–H groups in total. The van der Waals surface area contributed by atoms with Crippen LogP contribution in [0.25, 0.3) is 0 Å². The van der Waals surface area contributed by atoms with Gasteiger partial charge in [-0.05, 0) is 32.1 Å². The fourth-order valence-electron chi connectivity index (χ4n) is 6.39. The summed E-state index contributed by atoms with van der Waals surface area (Å²) in [5.74, 6) is -4.49. The summed E-state index contributed by atoms with van der Waals surface area (Å²) < 4.78 is 0.263. The molecule has 3 unspecified atom stereocenters. The Kier molecular flexibility index (Phi) is 24.8. The second-order valence-electron chi connectivity index (χ2n) is 13.0. The molecule has 0 aliphatic heterocycles. The molecule has 0 spiro atoms. The van der Waals surface area contributed by atoms with Crippen molar-refractivity contribution in [1.29, 1.82) is 0 Å². The molecule has 0 rings (SSSR count). The van der Waals surface area contributed by atoms with Crippen molar-refractivity contribution < 1.29 is 34.2 Å². The van der Waals surface area contributed by atoms with Crippen molar-refractivity contribution in [2.75, 3.05) is 26.2 Å². The number of nitrogens with zero attached hydrogens (tertiary/aromatic N) is 1. The minimum atomic E-state index is -0.885. The molecule has 0 fully saturated rings. The van der Waals surface area contributed by atoms with Gasteiger partial charge in [0.2, 0.25) is 0 Å². The maximum atomic E-state index is 12.0. The first kappa shape index (κ1) is 40.4. The summed E-state index contributed by atoms with van der Waals surface area (Å²) in [5, 5.41) is 29.5. The highest BCUT2D eigenvalue weighted by Gasteiger charge is 2.40. The Labute approximate surface area is 258 Å². The molecule has 0 aliphatic rings. The van der Waals surface area contributed by atoms with Crippen LogP contribution in [0.3, 0.4) is 0 Å². The monoisotopic (exact) mass is 599 g/mol. The van der Waals surface area contributed by atoms with Crippen molar-refractivity contribution in [3.05, 3.63) is 0 Å². The topological polar surface area (TPSA) is 112 Å². The van der Waals surface area contributed by atoms with Gasteiger partial charge in [0, 0.05) is 0 Å². The Balaban J connectivity index is 4.64. The standard InChI is InChI=1S/C35H67NO6/c1-5-9-10-11-12-13-14-15-16-17-18-19-20-21-22-23-24-25-26-36(27-30(6-2)33(37)38,28-31(7-3)34(39)40)29-32(8-4)35(41)42/h30-32H,5-29H2,1-4H3,(H2-,37,38,39,40,41,42)/p+1. The number of carboxylic acid groups (broad SMARTS) is 3. The molecule has 248 valence electrons. The Morgan fingerprint density at radius 1 is 0.429 bits per heavy atom. The number of hydrogen-bond acceptors (Lipinski definition) is 3. The van der Waals surface area contributed by atoms with Gasteiger partial charge in [-0.2, -0.15) is 0 Å². The fraction of sp³-hybridized carbons (Fsp3) is 0.914. The van der Waals surface area contributed by atoms with Gasteiger partial charge in [-0.25, -0.2) is 0 Å². The minimum Gasteiger partial charge on any atom is -0.481 e. The third-order valence-corrected chi connectivity index (χ3v) is 9.34. The molecule has 0 radical (unpaired) electrons. The maximum Gasteiger partial charge on any atom is 0.312 e.